The van der Waals surface area contributed by atoms with Crippen LogP contribution in [0.1, 0.15) is 12.5 Å². The van der Waals surface area contributed by atoms with E-state index in [1.165, 1.54) is 22.0 Å². The van der Waals surface area contributed by atoms with E-state index in [1.807, 2.05) is 55.5 Å². The average Bonchev–Trinajstić information content (AvgIpc) is 3.02. The second-order valence-corrected chi connectivity index (χ2v) is 6.71. The van der Waals surface area contributed by atoms with E-state index in [9.17, 15) is 0 Å². The molecule has 1 heterocycles. The lowest BCUT2D eigenvalue weighted by Gasteiger charge is -2.07. The van der Waals surface area contributed by atoms with Crippen molar-refractivity contribution in [3.63, 3.8) is 0 Å². The molecular formula is C19H22N4O2S. The number of thioether (sulfide) groups is 1. The fourth-order valence-electron chi connectivity index (χ4n) is 2.37. The molecule has 3 rings (SSSR count). The SMILES string of the molecule is CCOc1ccc(-c2nnc(SCCOc3ccc(C)cc3)n2N)cc1. The van der Waals surface area contributed by atoms with E-state index in [0.717, 1.165) is 22.8 Å². The highest BCUT2D eigenvalue weighted by Gasteiger charge is 2.12. The number of hydrogen-bond donors (Lipinski definition) is 1. The summed E-state index contributed by atoms with van der Waals surface area (Å²) < 4.78 is 12.7. The molecule has 0 atom stereocenters. The van der Waals surface area contributed by atoms with Crippen LogP contribution in [0.3, 0.4) is 0 Å². The maximum Gasteiger partial charge on any atom is 0.210 e. The Kier molecular flexibility index (Phi) is 6.01. The summed E-state index contributed by atoms with van der Waals surface area (Å²) in [6.07, 6.45) is 0. The van der Waals surface area contributed by atoms with Crippen molar-refractivity contribution < 1.29 is 9.47 Å². The Morgan fingerprint density at radius 3 is 2.31 bits per heavy atom. The van der Waals surface area contributed by atoms with E-state index in [4.69, 9.17) is 15.3 Å². The first-order valence-corrected chi connectivity index (χ1v) is 9.42. The molecule has 3 aromatic rings. The quantitative estimate of drug-likeness (QED) is 0.371. The highest BCUT2D eigenvalue weighted by molar-refractivity contribution is 7.99. The lowest BCUT2D eigenvalue weighted by molar-refractivity contribution is 0.340. The monoisotopic (exact) mass is 370 g/mol. The van der Waals surface area contributed by atoms with Gasteiger partial charge in [-0.25, -0.2) is 4.68 Å². The van der Waals surface area contributed by atoms with Gasteiger partial charge in [-0.15, -0.1) is 10.2 Å². The third kappa shape index (κ3) is 4.49. The van der Waals surface area contributed by atoms with Gasteiger partial charge in [0.25, 0.3) is 0 Å². The van der Waals surface area contributed by atoms with Gasteiger partial charge in [0.15, 0.2) is 5.82 Å². The molecule has 0 aliphatic heterocycles. The second-order valence-electron chi connectivity index (χ2n) is 5.64. The largest absolute Gasteiger partial charge is 0.494 e. The van der Waals surface area contributed by atoms with Crippen LogP contribution in [0.2, 0.25) is 0 Å². The number of nitrogens with zero attached hydrogens (tertiary/aromatic N) is 3. The summed E-state index contributed by atoms with van der Waals surface area (Å²) in [5.41, 5.74) is 2.11. The maximum atomic E-state index is 6.14. The minimum Gasteiger partial charge on any atom is -0.494 e. The average molecular weight is 370 g/mol. The Bertz CT molecular complexity index is 832. The van der Waals surface area contributed by atoms with Crippen LogP contribution in [-0.4, -0.2) is 33.8 Å². The lowest BCUT2D eigenvalue weighted by Crippen LogP contribution is -2.12. The molecule has 1 aromatic heterocycles. The molecule has 2 aromatic carbocycles. The molecule has 6 nitrogen and oxygen atoms in total. The predicted octanol–water partition coefficient (Wildman–Crippen LogP) is 3.54. The standard InChI is InChI=1S/C19H22N4O2S/c1-3-24-16-10-6-15(7-11-16)18-21-22-19(23(18)20)26-13-12-25-17-8-4-14(2)5-9-17/h4-11H,3,12-13,20H2,1-2H3. The number of benzene rings is 2. The van der Waals surface area contributed by atoms with Gasteiger partial charge in [0.05, 0.1) is 13.2 Å². The summed E-state index contributed by atoms with van der Waals surface area (Å²) in [7, 11) is 0. The molecule has 136 valence electrons. The third-order valence-electron chi connectivity index (χ3n) is 3.69. The molecule has 0 saturated heterocycles. The number of aryl methyl sites for hydroxylation is 1. The van der Waals surface area contributed by atoms with E-state index in [0.29, 0.717) is 24.2 Å². The van der Waals surface area contributed by atoms with Gasteiger partial charge in [0, 0.05) is 11.3 Å². The fourth-order valence-corrected chi connectivity index (χ4v) is 3.04. The van der Waals surface area contributed by atoms with E-state index in [2.05, 4.69) is 17.1 Å². The van der Waals surface area contributed by atoms with Crippen molar-refractivity contribution in [1.82, 2.24) is 14.9 Å². The molecule has 0 aliphatic rings. The zero-order valence-electron chi connectivity index (χ0n) is 14.9. The first-order chi connectivity index (χ1) is 12.7. The molecule has 0 aliphatic carbocycles. The molecule has 0 saturated carbocycles. The molecule has 0 bridgehead atoms. The van der Waals surface area contributed by atoms with Crippen molar-refractivity contribution in [3.8, 4) is 22.9 Å². The van der Waals surface area contributed by atoms with Crippen LogP contribution in [0.15, 0.2) is 53.7 Å². The molecule has 0 unspecified atom stereocenters. The third-order valence-corrected chi connectivity index (χ3v) is 4.60. The number of ether oxygens (including phenoxy) is 2. The summed E-state index contributed by atoms with van der Waals surface area (Å²) in [4.78, 5) is 0. The first kappa shape index (κ1) is 18.1. The number of hydrogen-bond acceptors (Lipinski definition) is 6. The Labute approximate surface area is 157 Å². The molecule has 0 fully saturated rings. The molecule has 2 N–H and O–H groups in total. The minimum atomic E-state index is 0.568. The zero-order chi connectivity index (χ0) is 18.4. The van der Waals surface area contributed by atoms with Crippen molar-refractivity contribution in [2.75, 3.05) is 24.8 Å². The summed E-state index contributed by atoms with van der Waals surface area (Å²) >= 11 is 1.51. The van der Waals surface area contributed by atoms with Crippen molar-refractivity contribution in [2.45, 2.75) is 19.0 Å². The van der Waals surface area contributed by atoms with Gasteiger partial charge in [-0.05, 0) is 50.2 Å². The van der Waals surface area contributed by atoms with Crippen LogP contribution in [0, 0.1) is 6.92 Å². The van der Waals surface area contributed by atoms with Crippen molar-refractivity contribution in [3.05, 3.63) is 54.1 Å². The Hall–Kier alpha value is -2.67. The fraction of sp³-hybridized carbons (Fsp3) is 0.263. The van der Waals surface area contributed by atoms with Gasteiger partial charge in [0.1, 0.15) is 11.5 Å². The molecule has 0 spiro atoms. The molecular weight excluding hydrogens is 348 g/mol. The van der Waals surface area contributed by atoms with Crippen LogP contribution in [0.4, 0.5) is 0 Å². The van der Waals surface area contributed by atoms with Crippen LogP contribution in [-0.2, 0) is 0 Å². The second kappa shape index (κ2) is 8.62. The summed E-state index contributed by atoms with van der Waals surface area (Å²) in [5.74, 6) is 9.17. The van der Waals surface area contributed by atoms with Gasteiger partial charge < -0.3 is 15.3 Å². The van der Waals surface area contributed by atoms with Crippen LogP contribution >= 0.6 is 11.8 Å². The first-order valence-electron chi connectivity index (χ1n) is 8.43. The molecule has 7 heteroatoms. The van der Waals surface area contributed by atoms with Gasteiger partial charge >= 0.3 is 0 Å². The molecule has 26 heavy (non-hydrogen) atoms. The van der Waals surface area contributed by atoms with Crippen LogP contribution in [0.5, 0.6) is 11.5 Å². The van der Waals surface area contributed by atoms with Crippen LogP contribution in [0.25, 0.3) is 11.4 Å². The molecule has 0 amide bonds. The summed E-state index contributed by atoms with van der Waals surface area (Å²) in [6.45, 7) is 5.21. The van der Waals surface area contributed by atoms with Crippen molar-refractivity contribution >= 4 is 11.8 Å². The molecule has 0 radical (unpaired) electrons. The highest BCUT2D eigenvalue weighted by Crippen LogP contribution is 2.23. The highest BCUT2D eigenvalue weighted by atomic mass is 32.2. The van der Waals surface area contributed by atoms with E-state index < -0.39 is 0 Å². The topological polar surface area (TPSA) is 75.2 Å². The van der Waals surface area contributed by atoms with Crippen LogP contribution < -0.4 is 15.3 Å². The van der Waals surface area contributed by atoms with Gasteiger partial charge in [-0.1, -0.05) is 29.5 Å². The smallest absolute Gasteiger partial charge is 0.210 e. The van der Waals surface area contributed by atoms with E-state index in [-0.39, 0.29) is 0 Å². The lowest BCUT2D eigenvalue weighted by atomic mass is 10.2. The predicted molar refractivity (Wildman–Crippen MR) is 104 cm³/mol. The van der Waals surface area contributed by atoms with E-state index in [1.54, 1.807) is 0 Å². The number of nitrogen functional groups attached to an aromatic ring is 1. The van der Waals surface area contributed by atoms with E-state index >= 15 is 0 Å². The number of rotatable bonds is 8. The normalized spacial score (nSPS) is 10.7. The van der Waals surface area contributed by atoms with Crippen molar-refractivity contribution in [1.29, 1.82) is 0 Å². The Morgan fingerprint density at radius 1 is 0.962 bits per heavy atom. The van der Waals surface area contributed by atoms with Crippen molar-refractivity contribution in [2.24, 2.45) is 0 Å². The number of aromatic nitrogens is 3. The minimum absolute atomic E-state index is 0.568. The maximum absolute atomic E-state index is 6.14. The summed E-state index contributed by atoms with van der Waals surface area (Å²) in [5, 5.41) is 9.02. The van der Waals surface area contributed by atoms with Gasteiger partial charge in [-0.2, -0.15) is 0 Å². The Morgan fingerprint density at radius 2 is 1.62 bits per heavy atom. The van der Waals surface area contributed by atoms with Gasteiger partial charge in [-0.3, -0.25) is 0 Å². The zero-order valence-corrected chi connectivity index (χ0v) is 15.7. The Balaban J connectivity index is 1.55. The number of nitrogens with two attached hydrogens (primary N) is 1. The summed E-state index contributed by atoms with van der Waals surface area (Å²) in [6, 6.07) is 15.6. The van der Waals surface area contributed by atoms with Gasteiger partial charge in [0.2, 0.25) is 5.16 Å².